The van der Waals surface area contributed by atoms with E-state index in [1.54, 1.807) is 21.3 Å². The SMILES string of the molecule is COc1cc(OC)c(OC)cc1CN1CCc2c(c(CCC(=O)N3CCCC3)nn2C)C1. The lowest BCUT2D eigenvalue weighted by atomic mass is 10.0. The number of hydrogen-bond acceptors (Lipinski definition) is 6. The summed E-state index contributed by atoms with van der Waals surface area (Å²) in [5, 5.41) is 4.77. The van der Waals surface area contributed by atoms with Gasteiger partial charge in [-0.1, -0.05) is 0 Å². The molecule has 2 aliphatic rings. The Kier molecular flexibility index (Phi) is 6.89. The number of aromatic nitrogens is 2. The van der Waals surface area contributed by atoms with E-state index in [-0.39, 0.29) is 5.91 Å². The second kappa shape index (κ2) is 9.81. The molecule has 2 aromatic rings. The van der Waals surface area contributed by atoms with Gasteiger partial charge in [0.05, 0.1) is 27.0 Å². The van der Waals surface area contributed by atoms with Gasteiger partial charge in [-0.3, -0.25) is 14.4 Å². The summed E-state index contributed by atoms with van der Waals surface area (Å²) in [5.41, 5.74) is 4.67. The fourth-order valence-corrected chi connectivity index (χ4v) is 4.87. The van der Waals surface area contributed by atoms with Crippen LogP contribution in [0, 0.1) is 0 Å². The van der Waals surface area contributed by atoms with Gasteiger partial charge in [-0.25, -0.2) is 0 Å². The van der Waals surface area contributed by atoms with Crippen molar-refractivity contribution in [2.45, 2.75) is 45.2 Å². The highest BCUT2D eigenvalue weighted by molar-refractivity contribution is 5.76. The Morgan fingerprint density at radius 2 is 1.69 bits per heavy atom. The summed E-state index contributed by atoms with van der Waals surface area (Å²) in [6.45, 7) is 4.30. The summed E-state index contributed by atoms with van der Waals surface area (Å²) in [4.78, 5) is 16.9. The zero-order valence-electron chi connectivity index (χ0n) is 19.6. The van der Waals surface area contributed by atoms with Gasteiger partial charge in [-0.05, 0) is 18.9 Å². The lowest BCUT2D eigenvalue weighted by molar-refractivity contribution is -0.130. The van der Waals surface area contributed by atoms with Crippen LogP contribution >= 0.6 is 0 Å². The summed E-state index contributed by atoms with van der Waals surface area (Å²) in [7, 11) is 6.96. The lowest BCUT2D eigenvalue weighted by Crippen LogP contribution is -2.31. The van der Waals surface area contributed by atoms with Gasteiger partial charge in [-0.15, -0.1) is 0 Å². The molecule has 1 amide bonds. The molecular weight excluding hydrogens is 408 g/mol. The minimum atomic E-state index is 0.254. The highest BCUT2D eigenvalue weighted by Crippen LogP contribution is 2.36. The van der Waals surface area contributed by atoms with Gasteiger partial charge in [0.15, 0.2) is 11.5 Å². The van der Waals surface area contributed by atoms with Crippen LogP contribution in [-0.2, 0) is 37.8 Å². The van der Waals surface area contributed by atoms with E-state index in [2.05, 4.69) is 4.90 Å². The normalized spacial score (nSPS) is 16.2. The van der Waals surface area contributed by atoms with Crippen molar-refractivity contribution in [1.82, 2.24) is 19.6 Å². The Morgan fingerprint density at radius 1 is 1.00 bits per heavy atom. The quantitative estimate of drug-likeness (QED) is 0.626. The zero-order valence-corrected chi connectivity index (χ0v) is 19.6. The third kappa shape index (κ3) is 4.55. The van der Waals surface area contributed by atoms with Crippen LogP contribution in [0.4, 0.5) is 0 Å². The molecule has 0 bridgehead atoms. The van der Waals surface area contributed by atoms with Crippen LogP contribution in [-0.4, -0.2) is 66.5 Å². The first-order valence-electron chi connectivity index (χ1n) is 11.4. The van der Waals surface area contributed by atoms with Crippen molar-refractivity contribution in [3.8, 4) is 17.2 Å². The number of fused-ring (bicyclic) bond motifs is 1. The zero-order chi connectivity index (χ0) is 22.7. The number of benzene rings is 1. The molecule has 0 N–H and O–H groups in total. The Bertz CT molecular complexity index is 965. The van der Waals surface area contributed by atoms with Gasteiger partial charge in [-0.2, -0.15) is 5.10 Å². The molecule has 0 atom stereocenters. The predicted molar refractivity (Wildman–Crippen MR) is 121 cm³/mol. The molecule has 174 valence electrons. The summed E-state index contributed by atoms with van der Waals surface area (Å²) >= 11 is 0. The lowest BCUT2D eigenvalue weighted by Gasteiger charge is -2.28. The molecular formula is C24H34N4O4. The molecule has 8 heteroatoms. The number of rotatable bonds is 8. The topological polar surface area (TPSA) is 69.1 Å². The number of methoxy groups -OCH3 is 3. The molecule has 0 spiro atoms. The molecule has 0 radical (unpaired) electrons. The summed E-state index contributed by atoms with van der Waals surface area (Å²) in [6.07, 6.45) is 4.42. The number of aryl methyl sites for hydroxylation is 2. The third-order valence-electron chi connectivity index (χ3n) is 6.62. The van der Waals surface area contributed by atoms with Gasteiger partial charge in [0.2, 0.25) is 5.91 Å². The molecule has 2 aliphatic heterocycles. The van der Waals surface area contributed by atoms with Gasteiger partial charge in [0.1, 0.15) is 5.75 Å². The van der Waals surface area contributed by atoms with Gasteiger partial charge >= 0.3 is 0 Å². The Balaban J connectivity index is 1.48. The van der Waals surface area contributed by atoms with Crippen molar-refractivity contribution < 1.29 is 19.0 Å². The van der Waals surface area contributed by atoms with E-state index in [1.807, 2.05) is 28.8 Å². The van der Waals surface area contributed by atoms with E-state index in [9.17, 15) is 4.79 Å². The molecule has 1 saturated heterocycles. The largest absolute Gasteiger partial charge is 0.496 e. The van der Waals surface area contributed by atoms with Crippen molar-refractivity contribution in [3.05, 3.63) is 34.6 Å². The number of carbonyl (C=O) groups excluding carboxylic acids is 1. The van der Waals surface area contributed by atoms with Crippen molar-refractivity contribution in [3.63, 3.8) is 0 Å². The van der Waals surface area contributed by atoms with Crippen molar-refractivity contribution in [1.29, 1.82) is 0 Å². The Hall–Kier alpha value is -2.74. The van der Waals surface area contributed by atoms with E-state index in [4.69, 9.17) is 19.3 Å². The predicted octanol–water partition coefficient (Wildman–Crippen LogP) is 2.56. The fourth-order valence-electron chi connectivity index (χ4n) is 4.87. The summed E-state index contributed by atoms with van der Waals surface area (Å²) in [5.74, 6) is 2.40. The van der Waals surface area contributed by atoms with Crippen LogP contribution in [0.3, 0.4) is 0 Å². The molecule has 0 unspecified atom stereocenters. The molecule has 8 nitrogen and oxygen atoms in total. The number of carbonyl (C=O) groups is 1. The minimum Gasteiger partial charge on any atom is -0.496 e. The number of nitrogens with zero attached hydrogens (tertiary/aromatic N) is 4. The smallest absolute Gasteiger partial charge is 0.222 e. The fraction of sp³-hybridized carbons (Fsp3) is 0.583. The van der Waals surface area contributed by atoms with Crippen LogP contribution < -0.4 is 14.2 Å². The van der Waals surface area contributed by atoms with E-state index >= 15 is 0 Å². The highest BCUT2D eigenvalue weighted by Gasteiger charge is 2.26. The highest BCUT2D eigenvalue weighted by atomic mass is 16.5. The van der Waals surface area contributed by atoms with E-state index in [0.29, 0.717) is 24.3 Å². The van der Waals surface area contributed by atoms with Gasteiger partial charge in [0.25, 0.3) is 0 Å². The standard InChI is InChI=1S/C24H34N4O4/c1-26-20-9-12-27(15-17-13-22(31-3)23(32-4)14-21(17)30-2)16-18(20)19(25-26)7-8-24(29)28-10-5-6-11-28/h13-14H,5-12,15-16H2,1-4H3. The Morgan fingerprint density at radius 3 is 2.38 bits per heavy atom. The van der Waals surface area contributed by atoms with E-state index < -0.39 is 0 Å². The maximum Gasteiger partial charge on any atom is 0.222 e. The number of hydrogen-bond donors (Lipinski definition) is 0. The van der Waals surface area contributed by atoms with Crippen LogP contribution in [0.15, 0.2) is 12.1 Å². The van der Waals surface area contributed by atoms with E-state index in [1.165, 1.54) is 11.3 Å². The van der Waals surface area contributed by atoms with Crippen molar-refractivity contribution in [2.24, 2.45) is 7.05 Å². The maximum atomic E-state index is 12.5. The first-order valence-corrected chi connectivity index (χ1v) is 11.4. The maximum absolute atomic E-state index is 12.5. The number of ether oxygens (including phenoxy) is 3. The van der Waals surface area contributed by atoms with Crippen LogP contribution in [0.1, 0.15) is 41.8 Å². The van der Waals surface area contributed by atoms with Crippen LogP contribution in [0.2, 0.25) is 0 Å². The average Bonchev–Trinajstić information content (AvgIpc) is 3.45. The monoisotopic (exact) mass is 442 g/mol. The minimum absolute atomic E-state index is 0.254. The molecule has 3 heterocycles. The molecule has 0 aliphatic carbocycles. The second-order valence-corrected chi connectivity index (χ2v) is 8.56. The first kappa shape index (κ1) is 22.5. The number of amides is 1. The molecule has 0 saturated carbocycles. The third-order valence-corrected chi connectivity index (χ3v) is 6.62. The van der Waals surface area contributed by atoms with Gasteiger partial charge < -0.3 is 19.1 Å². The molecule has 1 aromatic carbocycles. The van der Waals surface area contributed by atoms with Gasteiger partial charge in [0, 0.05) is 81.9 Å². The molecule has 4 rings (SSSR count). The van der Waals surface area contributed by atoms with Crippen molar-refractivity contribution in [2.75, 3.05) is 41.0 Å². The average molecular weight is 443 g/mol. The number of likely N-dealkylation sites (tertiary alicyclic amines) is 1. The summed E-state index contributed by atoms with van der Waals surface area (Å²) < 4.78 is 18.5. The summed E-state index contributed by atoms with van der Waals surface area (Å²) in [6, 6.07) is 3.87. The Labute approximate surface area is 190 Å². The van der Waals surface area contributed by atoms with E-state index in [0.717, 1.165) is 69.0 Å². The van der Waals surface area contributed by atoms with Crippen LogP contribution in [0.25, 0.3) is 0 Å². The molecule has 1 aromatic heterocycles. The first-order chi connectivity index (χ1) is 15.5. The van der Waals surface area contributed by atoms with Crippen molar-refractivity contribution >= 4 is 5.91 Å². The second-order valence-electron chi connectivity index (χ2n) is 8.56. The van der Waals surface area contributed by atoms with Crippen LogP contribution in [0.5, 0.6) is 17.2 Å². The molecule has 1 fully saturated rings. The molecule has 32 heavy (non-hydrogen) atoms.